The van der Waals surface area contributed by atoms with Gasteiger partial charge in [0.2, 0.25) is 5.78 Å². The van der Waals surface area contributed by atoms with Gasteiger partial charge in [0, 0.05) is 12.0 Å². The number of benzene rings is 1. The molecule has 1 unspecified atom stereocenters. The van der Waals surface area contributed by atoms with Crippen LogP contribution in [0.15, 0.2) is 12.1 Å². The molecule has 0 N–H and O–H groups in total. The normalized spacial score (nSPS) is 23.9. The van der Waals surface area contributed by atoms with E-state index in [-0.39, 0.29) is 17.5 Å². The van der Waals surface area contributed by atoms with Crippen molar-refractivity contribution in [2.75, 3.05) is 0 Å². The number of ether oxygens (including phenoxy) is 2. The first-order valence-corrected chi connectivity index (χ1v) is 6.07. The molecule has 2 aliphatic heterocycles. The van der Waals surface area contributed by atoms with Crippen LogP contribution in [0.1, 0.15) is 43.1 Å². The van der Waals surface area contributed by atoms with Crippen LogP contribution < -0.4 is 9.47 Å². The molecule has 17 heavy (non-hydrogen) atoms. The third-order valence-electron chi connectivity index (χ3n) is 3.38. The summed E-state index contributed by atoms with van der Waals surface area (Å²) in [5.41, 5.74) is 1.61. The van der Waals surface area contributed by atoms with E-state index in [9.17, 15) is 4.79 Å². The molecular weight excluding hydrogens is 216 g/mol. The molecule has 0 spiro atoms. The Morgan fingerprint density at radius 2 is 2.12 bits per heavy atom. The molecule has 2 heterocycles. The zero-order valence-corrected chi connectivity index (χ0v) is 10.4. The fourth-order valence-electron chi connectivity index (χ4n) is 2.57. The van der Waals surface area contributed by atoms with E-state index in [1.165, 1.54) is 0 Å². The van der Waals surface area contributed by atoms with Crippen molar-refractivity contribution in [2.24, 2.45) is 0 Å². The summed E-state index contributed by atoms with van der Waals surface area (Å²) in [4.78, 5) is 12.0. The van der Waals surface area contributed by atoms with E-state index < -0.39 is 0 Å². The number of rotatable bonds is 1. The number of hydrogen-bond donors (Lipinski definition) is 0. The highest BCUT2D eigenvalue weighted by Crippen LogP contribution is 2.47. The summed E-state index contributed by atoms with van der Waals surface area (Å²) in [7, 11) is 0. The molecule has 1 aromatic carbocycles. The van der Waals surface area contributed by atoms with Crippen LogP contribution in [0.25, 0.3) is 0 Å². The second-order valence-electron chi connectivity index (χ2n) is 5.35. The lowest BCUT2D eigenvalue weighted by atomic mass is 9.99. The molecular formula is C14H16O3. The average molecular weight is 232 g/mol. The largest absolute Gasteiger partial charge is 0.483 e. The second-order valence-corrected chi connectivity index (χ2v) is 5.35. The predicted molar refractivity (Wildman–Crippen MR) is 63.9 cm³/mol. The molecule has 1 aromatic rings. The Kier molecular flexibility index (Phi) is 2.03. The lowest BCUT2D eigenvalue weighted by molar-refractivity contribution is 0.0844. The van der Waals surface area contributed by atoms with Gasteiger partial charge in [0.25, 0.3) is 0 Å². The van der Waals surface area contributed by atoms with Crippen molar-refractivity contribution < 1.29 is 14.3 Å². The van der Waals surface area contributed by atoms with Crippen LogP contribution in [0.3, 0.4) is 0 Å². The molecule has 0 saturated carbocycles. The quantitative estimate of drug-likeness (QED) is 0.746. The predicted octanol–water partition coefficient (Wildman–Crippen LogP) is 2.75. The molecule has 90 valence electrons. The maximum Gasteiger partial charge on any atom is 0.207 e. The third kappa shape index (κ3) is 1.45. The Morgan fingerprint density at radius 1 is 1.35 bits per heavy atom. The average Bonchev–Trinajstić information content (AvgIpc) is 2.74. The Morgan fingerprint density at radius 3 is 2.82 bits per heavy atom. The minimum absolute atomic E-state index is 0.0820. The van der Waals surface area contributed by atoms with E-state index in [0.717, 1.165) is 17.7 Å². The fourth-order valence-corrected chi connectivity index (χ4v) is 2.57. The zero-order chi connectivity index (χ0) is 12.2. The van der Waals surface area contributed by atoms with Crippen LogP contribution in [0.5, 0.6) is 11.5 Å². The molecule has 3 rings (SSSR count). The van der Waals surface area contributed by atoms with Crippen LogP contribution in [0, 0.1) is 0 Å². The number of carbonyl (C=O) groups excluding carboxylic acids is 1. The van der Waals surface area contributed by atoms with Crippen molar-refractivity contribution in [3.05, 3.63) is 23.3 Å². The van der Waals surface area contributed by atoms with Gasteiger partial charge in [-0.25, -0.2) is 0 Å². The van der Waals surface area contributed by atoms with Crippen LogP contribution in [-0.2, 0) is 6.42 Å². The van der Waals surface area contributed by atoms with Crippen LogP contribution in [0.2, 0.25) is 0 Å². The monoisotopic (exact) mass is 232 g/mol. The lowest BCUT2D eigenvalue weighted by Crippen LogP contribution is -2.24. The van der Waals surface area contributed by atoms with Gasteiger partial charge in [0.05, 0.1) is 5.56 Å². The number of ketones is 1. The lowest BCUT2D eigenvalue weighted by Gasteiger charge is -2.17. The molecule has 0 radical (unpaired) electrons. The van der Waals surface area contributed by atoms with Gasteiger partial charge in [-0.2, -0.15) is 0 Å². The Hall–Kier alpha value is -1.51. The summed E-state index contributed by atoms with van der Waals surface area (Å²) < 4.78 is 11.6. The first-order chi connectivity index (χ1) is 8.02. The molecule has 0 saturated heterocycles. The van der Waals surface area contributed by atoms with Gasteiger partial charge in [-0.15, -0.1) is 0 Å². The standard InChI is InChI=1S/C14H16O3/c1-4-10-11(15)9-6-5-8-7-14(2,3)17-12(8)13(9)16-10/h5-6,10H,4,7H2,1-3H3. The summed E-state index contributed by atoms with van der Waals surface area (Å²) >= 11 is 0. The molecule has 1 atom stereocenters. The molecule has 0 fully saturated rings. The highest BCUT2D eigenvalue weighted by Gasteiger charge is 2.39. The Labute approximate surface area is 101 Å². The zero-order valence-electron chi connectivity index (χ0n) is 10.4. The molecule has 0 aromatic heterocycles. The molecule has 0 bridgehead atoms. The van der Waals surface area contributed by atoms with Crippen molar-refractivity contribution in [1.82, 2.24) is 0 Å². The van der Waals surface area contributed by atoms with Crippen LogP contribution in [0.4, 0.5) is 0 Å². The molecule has 3 nitrogen and oxygen atoms in total. The molecule has 0 amide bonds. The van der Waals surface area contributed by atoms with Gasteiger partial charge in [0.1, 0.15) is 5.60 Å². The SMILES string of the molecule is CCC1Oc2c(ccc3c2OC(C)(C)C3)C1=O. The second kappa shape index (κ2) is 3.25. The highest BCUT2D eigenvalue weighted by atomic mass is 16.5. The van der Waals surface area contributed by atoms with Crippen LogP contribution >= 0.6 is 0 Å². The van der Waals surface area contributed by atoms with Crippen molar-refractivity contribution in [3.63, 3.8) is 0 Å². The van der Waals surface area contributed by atoms with Crippen LogP contribution in [-0.4, -0.2) is 17.5 Å². The third-order valence-corrected chi connectivity index (χ3v) is 3.38. The van der Waals surface area contributed by atoms with Gasteiger partial charge in [-0.1, -0.05) is 13.0 Å². The van der Waals surface area contributed by atoms with Gasteiger partial charge in [-0.05, 0) is 26.3 Å². The van der Waals surface area contributed by atoms with E-state index >= 15 is 0 Å². The Balaban J connectivity index is 2.09. The van der Waals surface area contributed by atoms with Gasteiger partial charge < -0.3 is 9.47 Å². The highest BCUT2D eigenvalue weighted by molar-refractivity contribution is 6.05. The minimum Gasteiger partial charge on any atom is -0.483 e. The van der Waals surface area contributed by atoms with Crippen molar-refractivity contribution in [2.45, 2.75) is 45.3 Å². The first kappa shape index (κ1) is 10.6. The van der Waals surface area contributed by atoms with E-state index in [1.807, 2.05) is 32.9 Å². The van der Waals surface area contributed by atoms with E-state index in [4.69, 9.17) is 9.47 Å². The number of carbonyl (C=O) groups is 1. The summed E-state index contributed by atoms with van der Waals surface area (Å²) in [6.07, 6.45) is 1.24. The van der Waals surface area contributed by atoms with Crippen molar-refractivity contribution >= 4 is 5.78 Å². The summed E-state index contributed by atoms with van der Waals surface area (Å²) in [6, 6.07) is 3.86. The topological polar surface area (TPSA) is 35.5 Å². The maximum absolute atomic E-state index is 12.0. The van der Waals surface area contributed by atoms with E-state index in [1.54, 1.807) is 0 Å². The number of fused-ring (bicyclic) bond motifs is 3. The first-order valence-electron chi connectivity index (χ1n) is 6.07. The summed E-state index contributed by atoms with van der Waals surface area (Å²) in [5, 5.41) is 0. The molecule has 2 aliphatic rings. The fraction of sp³-hybridized carbons (Fsp3) is 0.500. The minimum atomic E-state index is -0.330. The number of Topliss-reactive ketones (excluding diaryl/α,β-unsaturated/α-hetero) is 1. The maximum atomic E-state index is 12.0. The van der Waals surface area contributed by atoms with E-state index in [2.05, 4.69) is 0 Å². The molecule has 3 heteroatoms. The van der Waals surface area contributed by atoms with Gasteiger partial charge in [0.15, 0.2) is 17.6 Å². The summed E-state index contributed by atoms with van der Waals surface area (Å²) in [5.74, 6) is 1.51. The molecule has 0 aliphatic carbocycles. The Bertz CT molecular complexity index is 502. The van der Waals surface area contributed by atoms with Gasteiger partial charge >= 0.3 is 0 Å². The van der Waals surface area contributed by atoms with Crippen molar-refractivity contribution in [1.29, 1.82) is 0 Å². The van der Waals surface area contributed by atoms with E-state index in [0.29, 0.717) is 17.7 Å². The van der Waals surface area contributed by atoms with Crippen molar-refractivity contribution in [3.8, 4) is 11.5 Å². The summed E-state index contributed by atoms with van der Waals surface area (Å²) in [6.45, 7) is 6.06. The van der Waals surface area contributed by atoms with Gasteiger partial charge in [-0.3, -0.25) is 4.79 Å². The smallest absolute Gasteiger partial charge is 0.207 e. The number of hydrogen-bond acceptors (Lipinski definition) is 3.